The van der Waals surface area contributed by atoms with E-state index in [0.29, 0.717) is 10.8 Å². The number of nitrogens with one attached hydrogen (secondary N) is 1. The molecule has 0 aliphatic rings. The van der Waals surface area contributed by atoms with Crippen molar-refractivity contribution in [1.29, 1.82) is 0 Å². The number of furan rings is 1. The molecule has 2 heterocycles. The van der Waals surface area contributed by atoms with Crippen LogP contribution in [0.4, 0.5) is 0 Å². The zero-order chi connectivity index (χ0) is 14.8. The first kappa shape index (κ1) is 14.2. The fourth-order valence-corrected chi connectivity index (χ4v) is 2.08. The van der Waals surface area contributed by atoms with Gasteiger partial charge in [0.2, 0.25) is 0 Å². The molecule has 1 atom stereocenters. The van der Waals surface area contributed by atoms with Crippen LogP contribution in [0.5, 0.6) is 0 Å². The summed E-state index contributed by atoms with van der Waals surface area (Å²) in [6.07, 6.45) is 1.50. The molecule has 0 aliphatic carbocycles. The Kier molecular flexibility index (Phi) is 3.86. The predicted octanol–water partition coefficient (Wildman–Crippen LogP) is 0.969. The maximum absolute atomic E-state index is 11.8. The first-order chi connectivity index (χ1) is 9.40. The smallest absolute Gasteiger partial charge is 0.337 e. The minimum absolute atomic E-state index is 0.141. The number of hydrogen-bond acceptors (Lipinski definition) is 6. The third-order valence-corrected chi connectivity index (χ3v) is 3.38. The molecule has 0 bridgehead atoms. The molecular weight excluding hydrogens is 284 g/mol. The zero-order valence-corrected chi connectivity index (χ0v) is 11.3. The van der Waals surface area contributed by atoms with Crippen LogP contribution in [0.3, 0.4) is 0 Å². The van der Waals surface area contributed by atoms with Gasteiger partial charge in [-0.1, -0.05) is 0 Å². The molecule has 0 spiro atoms. The number of aromatic nitrogens is 1. The van der Waals surface area contributed by atoms with E-state index in [1.54, 1.807) is 12.1 Å². The summed E-state index contributed by atoms with van der Waals surface area (Å²) in [6.45, 7) is 0.694. The van der Waals surface area contributed by atoms with Crippen LogP contribution < -0.4 is 5.32 Å². The van der Waals surface area contributed by atoms with E-state index in [0.717, 1.165) is 6.92 Å². The van der Waals surface area contributed by atoms with Crippen LogP contribution in [0, 0.1) is 0 Å². The lowest BCUT2D eigenvalue weighted by molar-refractivity contribution is -0.155. The van der Waals surface area contributed by atoms with Crippen LogP contribution in [0.1, 0.15) is 17.4 Å². The summed E-state index contributed by atoms with van der Waals surface area (Å²) in [4.78, 5) is 26.6. The highest BCUT2D eigenvalue weighted by molar-refractivity contribution is 7.13. The van der Waals surface area contributed by atoms with Gasteiger partial charge < -0.3 is 19.9 Å². The van der Waals surface area contributed by atoms with Crippen molar-refractivity contribution in [3.8, 4) is 10.8 Å². The lowest BCUT2D eigenvalue weighted by Gasteiger charge is -2.17. The van der Waals surface area contributed by atoms with Crippen LogP contribution in [-0.2, 0) is 4.79 Å². The van der Waals surface area contributed by atoms with Crippen molar-refractivity contribution in [3.63, 3.8) is 0 Å². The third-order valence-electron chi connectivity index (χ3n) is 2.52. The maximum Gasteiger partial charge on any atom is 0.337 e. The molecule has 3 N–H and O–H groups in total. The van der Waals surface area contributed by atoms with Gasteiger partial charge in [0, 0.05) is 5.38 Å². The lowest BCUT2D eigenvalue weighted by atomic mass is 10.1. The number of carbonyl (C=O) groups excluding carboxylic acids is 1. The van der Waals surface area contributed by atoms with Crippen molar-refractivity contribution in [1.82, 2.24) is 10.3 Å². The van der Waals surface area contributed by atoms with E-state index in [1.807, 2.05) is 0 Å². The van der Waals surface area contributed by atoms with Crippen molar-refractivity contribution in [3.05, 3.63) is 29.5 Å². The standard InChI is InChI=1S/C12H12N2O5S/c1-12(18,11(16)17)6-13-9(15)7-5-20-10(14-7)8-3-2-4-19-8/h2-5,18H,6H2,1H3,(H,13,15)(H,16,17). The average Bonchev–Trinajstić information content (AvgIpc) is 3.05. The number of carbonyl (C=O) groups is 2. The van der Waals surface area contributed by atoms with Crippen LogP contribution in [0.15, 0.2) is 28.2 Å². The Balaban J connectivity index is 2.02. The minimum atomic E-state index is -2.02. The fourth-order valence-electron chi connectivity index (χ4n) is 1.31. The van der Waals surface area contributed by atoms with Gasteiger partial charge in [-0.3, -0.25) is 4.79 Å². The van der Waals surface area contributed by atoms with E-state index in [4.69, 9.17) is 9.52 Å². The van der Waals surface area contributed by atoms with Gasteiger partial charge in [0.25, 0.3) is 5.91 Å². The molecular formula is C12H12N2O5S. The highest BCUT2D eigenvalue weighted by Gasteiger charge is 2.30. The predicted molar refractivity (Wildman–Crippen MR) is 70.4 cm³/mol. The molecule has 0 aromatic carbocycles. The Bertz CT molecular complexity index is 618. The summed E-state index contributed by atoms with van der Waals surface area (Å²) in [6, 6.07) is 3.43. The number of hydrogen-bond donors (Lipinski definition) is 3. The van der Waals surface area contributed by atoms with E-state index < -0.39 is 24.0 Å². The summed E-state index contributed by atoms with van der Waals surface area (Å²) >= 11 is 1.23. The molecule has 2 rings (SSSR count). The van der Waals surface area contributed by atoms with Gasteiger partial charge in [0.1, 0.15) is 5.69 Å². The molecule has 7 nitrogen and oxygen atoms in total. The van der Waals surface area contributed by atoms with E-state index in [9.17, 15) is 14.7 Å². The van der Waals surface area contributed by atoms with Crippen molar-refractivity contribution >= 4 is 23.2 Å². The van der Waals surface area contributed by atoms with E-state index in [-0.39, 0.29) is 5.69 Å². The van der Waals surface area contributed by atoms with Crippen LogP contribution in [0.2, 0.25) is 0 Å². The van der Waals surface area contributed by atoms with Crippen molar-refractivity contribution in [2.24, 2.45) is 0 Å². The number of amides is 1. The Morgan fingerprint density at radius 3 is 2.90 bits per heavy atom. The van der Waals surface area contributed by atoms with Crippen LogP contribution in [-0.4, -0.2) is 39.2 Å². The van der Waals surface area contributed by atoms with Gasteiger partial charge in [-0.15, -0.1) is 11.3 Å². The zero-order valence-electron chi connectivity index (χ0n) is 10.5. The molecule has 0 saturated heterocycles. The normalized spacial score (nSPS) is 13.7. The quantitative estimate of drug-likeness (QED) is 0.757. The van der Waals surface area contributed by atoms with Gasteiger partial charge in [0.05, 0.1) is 12.8 Å². The number of nitrogens with zero attached hydrogens (tertiary/aromatic N) is 1. The van der Waals surface area contributed by atoms with Gasteiger partial charge >= 0.3 is 5.97 Å². The first-order valence-electron chi connectivity index (χ1n) is 5.63. The molecule has 2 aromatic rings. The van der Waals surface area contributed by atoms with E-state index in [2.05, 4.69) is 10.3 Å². The van der Waals surface area contributed by atoms with Gasteiger partial charge in [-0.2, -0.15) is 0 Å². The second-order valence-electron chi connectivity index (χ2n) is 4.28. The third kappa shape index (κ3) is 3.03. The molecule has 1 amide bonds. The molecule has 0 radical (unpaired) electrons. The van der Waals surface area contributed by atoms with E-state index >= 15 is 0 Å². The first-order valence-corrected chi connectivity index (χ1v) is 6.51. The Morgan fingerprint density at radius 1 is 1.55 bits per heavy atom. The molecule has 8 heteroatoms. The minimum Gasteiger partial charge on any atom is -0.479 e. The maximum atomic E-state index is 11.8. The van der Waals surface area contributed by atoms with Crippen molar-refractivity contribution in [2.45, 2.75) is 12.5 Å². The number of carboxylic acid groups (broad SMARTS) is 1. The largest absolute Gasteiger partial charge is 0.479 e. The second-order valence-corrected chi connectivity index (χ2v) is 5.13. The summed E-state index contributed by atoms with van der Waals surface area (Å²) < 4.78 is 5.16. The number of rotatable bonds is 5. The number of aliphatic hydroxyl groups is 1. The lowest BCUT2D eigenvalue weighted by Crippen LogP contribution is -2.46. The molecule has 0 fully saturated rings. The number of carboxylic acids is 1. The summed E-state index contributed by atoms with van der Waals surface area (Å²) in [5, 5.41) is 22.6. The summed E-state index contributed by atoms with van der Waals surface area (Å²) in [5.41, 5.74) is -1.88. The average molecular weight is 296 g/mol. The number of thiazole rings is 1. The topological polar surface area (TPSA) is 113 Å². The van der Waals surface area contributed by atoms with E-state index in [1.165, 1.54) is 23.0 Å². The second kappa shape index (κ2) is 5.43. The molecule has 0 saturated carbocycles. The summed E-state index contributed by atoms with van der Waals surface area (Å²) in [7, 11) is 0. The van der Waals surface area contributed by atoms with Gasteiger partial charge in [-0.05, 0) is 19.1 Å². The SMILES string of the molecule is CC(O)(CNC(=O)c1csc(-c2ccco2)n1)C(=O)O. The highest BCUT2D eigenvalue weighted by atomic mass is 32.1. The Labute approximate surface area is 117 Å². The molecule has 0 aliphatic heterocycles. The summed E-state index contributed by atoms with van der Waals surface area (Å²) in [5.74, 6) is -1.42. The van der Waals surface area contributed by atoms with Crippen LogP contribution in [0.25, 0.3) is 10.8 Å². The molecule has 2 aromatic heterocycles. The molecule has 106 valence electrons. The Hall–Kier alpha value is -2.19. The molecule has 1 unspecified atom stereocenters. The number of aliphatic carboxylic acids is 1. The molecule has 20 heavy (non-hydrogen) atoms. The van der Waals surface area contributed by atoms with Crippen molar-refractivity contribution in [2.75, 3.05) is 6.54 Å². The van der Waals surface area contributed by atoms with Crippen LogP contribution >= 0.6 is 11.3 Å². The van der Waals surface area contributed by atoms with Gasteiger partial charge in [-0.25, -0.2) is 9.78 Å². The van der Waals surface area contributed by atoms with Gasteiger partial charge in [0.15, 0.2) is 16.4 Å². The Morgan fingerprint density at radius 2 is 2.30 bits per heavy atom. The highest BCUT2D eigenvalue weighted by Crippen LogP contribution is 2.23. The monoisotopic (exact) mass is 296 g/mol. The van der Waals surface area contributed by atoms with Crippen molar-refractivity contribution < 1.29 is 24.2 Å². The fraction of sp³-hybridized carbons (Fsp3) is 0.250.